The van der Waals surface area contributed by atoms with Crippen molar-refractivity contribution < 1.29 is 14.3 Å². The van der Waals surface area contributed by atoms with Gasteiger partial charge >= 0.3 is 6.09 Å². The molecule has 114 valence electrons. The van der Waals surface area contributed by atoms with Gasteiger partial charge in [-0.2, -0.15) is 0 Å². The lowest BCUT2D eigenvalue weighted by Gasteiger charge is -2.41. The third-order valence-corrected chi connectivity index (χ3v) is 4.24. The van der Waals surface area contributed by atoms with Crippen LogP contribution in [0.25, 0.3) is 0 Å². The van der Waals surface area contributed by atoms with Crippen LogP contribution in [-0.4, -0.2) is 35.0 Å². The van der Waals surface area contributed by atoms with E-state index in [0.717, 1.165) is 45.1 Å². The van der Waals surface area contributed by atoms with Gasteiger partial charge < -0.3 is 9.64 Å². The zero-order chi connectivity index (χ0) is 14.8. The molecule has 0 spiro atoms. The molecule has 1 heterocycles. The molecule has 4 nitrogen and oxygen atoms in total. The van der Waals surface area contributed by atoms with Crippen LogP contribution >= 0.6 is 0 Å². The number of Topliss-reactive ketones (excluding diaryl/α,β-unsaturated/α-hetero) is 1. The summed E-state index contributed by atoms with van der Waals surface area (Å²) in [4.78, 5) is 25.9. The second-order valence-corrected chi connectivity index (χ2v) is 7.13. The van der Waals surface area contributed by atoms with Crippen LogP contribution < -0.4 is 0 Å². The van der Waals surface area contributed by atoms with Crippen molar-refractivity contribution in [3.05, 3.63) is 0 Å². The van der Waals surface area contributed by atoms with E-state index in [2.05, 4.69) is 0 Å². The number of carbonyl (C=O) groups is 2. The molecule has 0 radical (unpaired) electrons. The summed E-state index contributed by atoms with van der Waals surface area (Å²) in [6, 6.07) is 0.197. The average Bonchev–Trinajstić information content (AvgIpc) is 2.37. The van der Waals surface area contributed by atoms with Gasteiger partial charge in [0.2, 0.25) is 0 Å². The molecule has 1 amide bonds. The van der Waals surface area contributed by atoms with Crippen LogP contribution in [0.15, 0.2) is 0 Å². The quantitative estimate of drug-likeness (QED) is 0.738. The predicted octanol–water partition coefficient (Wildman–Crippen LogP) is 3.54. The second kappa shape index (κ2) is 6.15. The Morgan fingerprint density at radius 1 is 1.20 bits per heavy atom. The van der Waals surface area contributed by atoms with Crippen molar-refractivity contribution >= 4 is 11.9 Å². The lowest BCUT2D eigenvalue weighted by Crippen LogP contribution is -2.50. The molecule has 2 aliphatic rings. The molecule has 0 aromatic heterocycles. The van der Waals surface area contributed by atoms with Gasteiger partial charge in [0, 0.05) is 25.4 Å². The Hall–Kier alpha value is -1.06. The number of ether oxygens (including phenoxy) is 1. The summed E-state index contributed by atoms with van der Waals surface area (Å²) in [6.45, 7) is 6.46. The highest BCUT2D eigenvalue weighted by atomic mass is 16.6. The number of nitrogens with zero attached hydrogens (tertiary/aromatic N) is 1. The van der Waals surface area contributed by atoms with Crippen LogP contribution in [0, 0.1) is 5.92 Å². The van der Waals surface area contributed by atoms with E-state index in [1.54, 1.807) is 0 Å². The molecule has 0 N–H and O–H groups in total. The Labute approximate surface area is 121 Å². The minimum absolute atomic E-state index is 0.197. The molecule has 0 bridgehead atoms. The number of likely N-dealkylation sites (tertiary alicyclic amines) is 1. The van der Waals surface area contributed by atoms with Crippen molar-refractivity contribution in [1.29, 1.82) is 0 Å². The van der Waals surface area contributed by atoms with Crippen LogP contribution in [0.3, 0.4) is 0 Å². The van der Waals surface area contributed by atoms with Gasteiger partial charge in [0.1, 0.15) is 11.4 Å². The third-order valence-electron chi connectivity index (χ3n) is 4.24. The highest BCUT2D eigenvalue weighted by Crippen LogP contribution is 2.33. The van der Waals surface area contributed by atoms with Crippen molar-refractivity contribution in [2.75, 3.05) is 6.54 Å². The van der Waals surface area contributed by atoms with Gasteiger partial charge in [-0.05, 0) is 58.8 Å². The fourth-order valence-electron chi connectivity index (χ4n) is 3.38. The molecule has 4 heteroatoms. The Bertz CT molecular complexity index is 372. The molecule has 0 aromatic rings. The second-order valence-electron chi connectivity index (χ2n) is 7.13. The van der Waals surface area contributed by atoms with E-state index in [0.29, 0.717) is 18.1 Å². The molecule has 2 rings (SSSR count). The normalized spacial score (nSPS) is 28.4. The van der Waals surface area contributed by atoms with E-state index < -0.39 is 5.60 Å². The highest BCUT2D eigenvalue weighted by molar-refractivity contribution is 5.79. The summed E-state index contributed by atoms with van der Waals surface area (Å²) >= 11 is 0. The number of carbonyl (C=O) groups excluding carboxylic acids is 2. The first kappa shape index (κ1) is 15.3. The average molecular weight is 281 g/mol. The van der Waals surface area contributed by atoms with Gasteiger partial charge in [0.15, 0.2) is 0 Å². The first-order valence-electron chi connectivity index (χ1n) is 7.88. The van der Waals surface area contributed by atoms with E-state index in [9.17, 15) is 9.59 Å². The van der Waals surface area contributed by atoms with Crippen molar-refractivity contribution in [1.82, 2.24) is 4.90 Å². The van der Waals surface area contributed by atoms with E-state index in [-0.39, 0.29) is 12.1 Å². The van der Waals surface area contributed by atoms with Crippen molar-refractivity contribution in [3.63, 3.8) is 0 Å². The fraction of sp³-hybridized carbons (Fsp3) is 0.875. The first-order valence-corrected chi connectivity index (χ1v) is 7.88. The van der Waals surface area contributed by atoms with Gasteiger partial charge in [-0.3, -0.25) is 4.79 Å². The Morgan fingerprint density at radius 3 is 2.60 bits per heavy atom. The van der Waals surface area contributed by atoms with Gasteiger partial charge in [-0.25, -0.2) is 4.79 Å². The van der Waals surface area contributed by atoms with Gasteiger partial charge in [0.05, 0.1) is 0 Å². The number of amides is 1. The molecule has 0 aromatic carbocycles. The monoisotopic (exact) mass is 281 g/mol. The first-order chi connectivity index (χ1) is 9.37. The zero-order valence-corrected chi connectivity index (χ0v) is 13.0. The standard InChI is InChI=1S/C16H27NO3/c1-16(2,3)20-15(19)17-10-5-4-9-14(17)12-7-6-8-13(18)11-12/h12,14H,4-11H2,1-3H3. The van der Waals surface area contributed by atoms with Crippen molar-refractivity contribution in [2.45, 2.75) is 77.4 Å². The van der Waals surface area contributed by atoms with E-state index in [1.165, 1.54) is 0 Å². The molecular weight excluding hydrogens is 254 g/mol. The van der Waals surface area contributed by atoms with Crippen molar-refractivity contribution in [3.8, 4) is 0 Å². The summed E-state index contributed by atoms with van der Waals surface area (Å²) in [7, 11) is 0. The maximum atomic E-state index is 12.4. The van der Waals surface area contributed by atoms with Gasteiger partial charge in [-0.1, -0.05) is 0 Å². The van der Waals surface area contributed by atoms with Gasteiger partial charge in [0.25, 0.3) is 0 Å². The Balaban J connectivity index is 2.04. The molecular formula is C16H27NO3. The van der Waals surface area contributed by atoms with E-state index in [4.69, 9.17) is 4.74 Å². The minimum atomic E-state index is -0.457. The summed E-state index contributed by atoms with van der Waals surface area (Å²) in [5, 5.41) is 0. The Morgan fingerprint density at radius 2 is 1.95 bits per heavy atom. The van der Waals surface area contributed by atoms with Crippen molar-refractivity contribution in [2.24, 2.45) is 5.92 Å². The minimum Gasteiger partial charge on any atom is -0.444 e. The van der Waals surface area contributed by atoms with Crippen LogP contribution in [0.1, 0.15) is 65.7 Å². The maximum absolute atomic E-state index is 12.4. The summed E-state index contributed by atoms with van der Waals surface area (Å²) in [6.07, 6.45) is 6.39. The van der Waals surface area contributed by atoms with Gasteiger partial charge in [-0.15, -0.1) is 0 Å². The number of ketones is 1. The summed E-state index contributed by atoms with van der Waals surface area (Å²) < 4.78 is 5.53. The molecule has 1 saturated carbocycles. The number of rotatable bonds is 1. The predicted molar refractivity (Wildman–Crippen MR) is 77.5 cm³/mol. The largest absolute Gasteiger partial charge is 0.444 e. The molecule has 2 unspecified atom stereocenters. The van der Waals surface area contributed by atoms with Crippen LogP contribution in [-0.2, 0) is 9.53 Å². The summed E-state index contributed by atoms with van der Waals surface area (Å²) in [5.74, 6) is 0.694. The van der Waals surface area contributed by atoms with Crippen LogP contribution in [0.2, 0.25) is 0 Å². The van der Waals surface area contributed by atoms with E-state index >= 15 is 0 Å². The smallest absolute Gasteiger partial charge is 0.410 e. The molecule has 1 aliphatic carbocycles. The van der Waals surface area contributed by atoms with Crippen LogP contribution in [0.5, 0.6) is 0 Å². The maximum Gasteiger partial charge on any atom is 0.410 e. The molecule has 2 fully saturated rings. The lowest BCUT2D eigenvalue weighted by atomic mass is 9.79. The topological polar surface area (TPSA) is 46.6 Å². The lowest BCUT2D eigenvalue weighted by molar-refractivity contribution is -0.122. The fourth-order valence-corrected chi connectivity index (χ4v) is 3.38. The number of hydrogen-bond donors (Lipinski definition) is 0. The molecule has 2 atom stereocenters. The van der Waals surface area contributed by atoms with Crippen LogP contribution in [0.4, 0.5) is 4.79 Å². The highest BCUT2D eigenvalue weighted by Gasteiger charge is 2.37. The zero-order valence-electron chi connectivity index (χ0n) is 13.0. The SMILES string of the molecule is CC(C)(C)OC(=O)N1CCCCC1C1CCCC(=O)C1. The Kier molecular flexibility index (Phi) is 4.71. The summed E-state index contributed by atoms with van der Waals surface area (Å²) in [5.41, 5.74) is -0.457. The molecule has 1 saturated heterocycles. The number of hydrogen-bond acceptors (Lipinski definition) is 3. The molecule has 20 heavy (non-hydrogen) atoms. The molecule has 1 aliphatic heterocycles. The number of piperidine rings is 1. The van der Waals surface area contributed by atoms with E-state index in [1.807, 2.05) is 25.7 Å². The third kappa shape index (κ3) is 3.97.